The summed E-state index contributed by atoms with van der Waals surface area (Å²) in [6, 6.07) is 7.53. The number of carbonyl (C=O) groups excluding carboxylic acids is 1. The molecular formula is C17H26ClN3O. The summed E-state index contributed by atoms with van der Waals surface area (Å²) in [6.07, 6.45) is 0.983. The molecule has 0 saturated carbocycles. The van der Waals surface area contributed by atoms with Gasteiger partial charge in [-0.3, -0.25) is 4.79 Å². The Morgan fingerprint density at radius 1 is 1.36 bits per heavy atom. The molecule has 1 fully saturated rings. The summed E-state index contributed by atoms with van der Waals surface area (Å²) in [7, 11) is 0. The second-order valence-corrected chi connectivity index (χ2v) is 6.77. The molecule has 2 rings (SSSR count). The second-order valence-electron chi connectivity index (χ2n) is 6.34. The van der Waals surface area contributed by atoms with Crippen molar-refractivity contribution in [2.45, 2.75) is 25.7 Å². The number of halogens is 1. The van der Waals surface area contributed by atoms with E-state index in [-0.39, 0.29) is 5.91 Å². The summed E-state index contributed by atoms with van der Waals surface area (Å²) in [4.78, 5) is 14.9. The SMILES string of the molecule is CC(C)(C(=O)NCCCN1CCNCC1)c1cccc(Cl)c1. The van der Waals surface area contributed by atoms with Crippen LogP contribution in [0.25, 0.3) is 0 Å². The van der Waals surface area contributed by atoms with Crippen molar-refractivity contribution in [3.05, 3.63) is 34.9 Å². The minimum Gasteiger partial charge on any atom is -0.355 e. The topological polar surface area (TPSA) is 44.4 Å². The lowest BCUT2D eigenvalue weighted by Crippen LogP contribution is -2.45. The van der Waals surface area contributed by atoms with Gasteiger partial charge in [0.05, 0.1) is 5.41 Å². The van der Waals surface area contributed by atoms with Gasteiger partial charge >= 0.3 is 0 Å². The first-order chi connectivity index (χ1) is 10.5. The first-order valence-electron chi connectivity index (χ1n) is 7.97. The summed E-state index contributed by atoms with van der Waals surface area (Å²) in [5, 5.41) is 7.06. The Morgan fingerprint density at radius 2 is 2.09 bits per heavy atom. The molecule has 0 bridgehead atoms. The van der Waals surface area contributed by atoms with Crippen molar-refractivity contribution < 1.29 is 4.79 Å². The third-order valence-electron chi connectivity index (χ3n) is 4.26. The highest BCUT2D eigenvalue weighted by Crippen LogP contribution is 2.25. The normalized spacial score (nSPS) is 16.5. The fourth-order valence-electron chi connectivity index (χ4n) is 2.67. The van der Waals surface area contributed by atoms with Crippen molar-refractivity contribution in [2.75, 3.05) is 39.3 Å². The van der Waals surface area contributed by atoms with Gasteiger partial charge in [0.2, 0.25) is 5.91 Å². The Balaban J connectivity index is 1.78. The van der Waals surface area contributed by atoms with Crippen LogP contribution in [0, 0.1) is 0 Å². The zero-order valence-corrected chi connectivity index (χ0v) is 14.2. The predicted molar refractivity (Wildman–Crippen MR) is 91.4 cm³/mol. The molecule has 0 aliphatic carbocycles. The smallest absolute Gasteiger partial charge is 0.230 e. The van der Waals surface area contributed by atoms with E-state index in [0.29, 0.717) is 11.6 Å². The fourth-order valence-corrected chi connectivity index (χ4v) is 2.86. The van der Waals surface area contributed by atoms with E-state index in [1.54, 1.807) is 0 Å². The van der Waals surface area contributed by atoms with Crippen molar-refractivity contribution in [3.63, 3.8) is 0 Å². The molecule has 0 radical (unpaired) electrons. The minimum absolute atomic E-state index is 0.0510. The van der Waals surface area contributed by atoms with Crippen molar-refractivity contribution in [2.24, 2.45) is 0 Å². The molecule has 2 N–H and O–H groups in total. The number of rotatable bonds is 6. The second kappa shape index (κ2) is 7.95. The highest BCUT2D eigenvalue weighted by molar-refractivity contribution is 6.30. The summed E-state index contributed by atoms with van der Waals surface area (Å²) in [5.74, 6) is 0.0510. The average molecular weight is 324 g/mol. The van der Waals surface area contributed by atoms with Gasteiger partial charge < -0.3 is 15.5 Å². The number of piperazine rings is 1. The van der Waals surface area contributed by atoms with Gasteiger partial charge in [-0.15, -0.1) is 0 Å². The molecule has 1 aromatic rings. The van der Waals surface area contributed by atoms with Crippen LogP contribution in [0.3, 0.4) is 0 Å². The zero-order valence-electron chi connectivity index (χ0n) is 13.5. The van der Waals surface area contributed by atoms with E-state index in [4.69, 9.17) is 11.6 Å². The molecule has 0 spiro atoms. The summed E-state index contributed by atoms with van der Waals surface area (Å²) >= 11 is 6.03. The van der Waals surface area contributed by atoms with Gasteiger partial charge in [-0.25, -0.2) is 0 Å². The van der Waals surface area contributed by atoms with E-state index in [1.807, 2.05) is 38.1 Å². The lowest BCUT2D eigenvalue weighted by Gasteiger charge is -2.28. The molecule has 1 aliphatic rings. The largest absolute Gasteiger partial charge is 0.355 e. The standard InChI is InChI=1S/C17H26ClN3O/c1-17(2,14-5-3-6-15(18)13-14)16(22)20-7-4-10-21-11-8-19-9-12-21/h3,5-6,13,19H,4,7-12H2,1-2H3,(H,20,22). The molecule has 1 aliphatic heterocycles. The first kappa shape index (κ1) is 17.3. The van der Waals surface area contributed by atoms with Crippen LogP contribution < -0.4 is 10.6 Å². The number of nitrogens with zero attached hydrogens (tertiary/aromatic N) is 1. The lowest BCUT2D eigenvalue weighted by atomic mass is 9.84. The Morgan fingerprint density at radius 3 is 2.77 bits per heavy atom. The third kappa shape index (κ3) is 4.70. The van der Waals surface area contributed by atoms with Crippen molar-refractivity contribution in [1.82, 2.24) is 15.5 Å². The van der Waals surface area contributed by atoms with Gasteiger partial charge in [-0.2, -0.15) is 0 Å². The maximum absolute atomic E-state index is 12.4. The average Bonchev–Trinajstić information content (AvgIpc) is 2.52. The Bertz CT molecular complexity index is 498. The molecule has 0 atom stereocenters. The summed E-state index contributed by atoms with van der Waals surface area (Å²) < 4.78 is 0. The Hall–Kier alpha value is -1.10. The lowest BCUT2D eigenvalue weighted by molar-refractivity contribution is -0.125. The summed E-state index contributed by atoms with van der Waals surface area (Å²) in [5.41, 5.74) is 0.375. The van der Waals surface area contributed by atoms with Gasteiger partial charge in [0.15, 0.2) is 0 Å². The van der Waals surface area contributed by atoms with E-state index in [9.17, 15) is 4.79 Å². The van der Waals surface area contributed by atoms with Gasteiger partial charge in [0.25, 0.3) is 0 Å². The quantitative estimate of drug-likeness (QED) is 0.787. The molecular weight excluding hydrogens is 298 g/mol. The number of amides is 1. The van der Waals surface area contributed by atoms with Crippen LogP contribution >= 0.6 is 11.6 Å². The molecule has 1 heterocycles. The van der Waals surface area contributed by atoms with Crippen molar-refractivity contribution >= 4 is 17.5 Å². The molecule has 0 unspecified atom stereocenters. The van der Waals surface area contributed by atoms with Crippen LogP contribution in [0.4, 0.5) is 0 Å². The Kier molecular flexibility index (Phi) is 6.24. The monoisotopic (exact) mass is 323 g/mol. The van der Waals surface area contributed by atoms with E-state index >= 15 is 0 Å². The molecule has 4 nitrogen and oxygen atoms in total. The van der Waals surface area contributed by atoms with Crippen LogP contribution in [-0.4, -0.2) is 50.1 Å². The van der Waals surface area contributed by atoms with Crippen LogP contribution in [0.2, 0.25) is 5.02 Å². The maximum atomic E-state index is 12.4. The number of hydrogen-bond donors (Lipinski definition) is 2. The predicted octanol–water partition coefficient (Wildman–Crippen LogP) is 2.03. The zero-order chi connectivity index (χ0) is 16.0. The number of carbonyl (C=O) groups is 1. The highest BCUT2D eigenvalue weighted by atomic mass is 35.5. The fraction of sp³-hybridized carbons (Fsp3) is 0.588. The highest BCUT2D eigenvalue weighted by Gasteiger charge is 2.29. The van der Waals surface area contributed by atoms with E-state index in [0.717, 1.165) is 44.7 Å². The van der Waals surface area contributed by atoms with Crippen LogP contribution in [0.15, 0.2) is 24.3 Å². The molecule has 1 amide bonds. The number of nitrogens with one attached hydrogen (secondary N) is 2. The third-order valence-corrected chi connectivity index (χ3v) is 4.50. The van der Waals surface area contributed by atoms with E-state index < -0.39 is 5.41 Å². The van der Waals surface area contributed by atoms with Crippen LogP contribution in [0.1, 0.15) is 25.8 Å². The van der Waals surface area contributed by atoms with Gasteiger partial charge in [0, 0.05) is 37.7 Å². The molecule has 1 aromatic carbocycles. The van der Waals surface area contributed by atoms with Crippen molar-refractivity contribution in [3.8, 4) is 0 Å². The van der Waals surface area contributed by atoms with Gasteiger partial charge in [-0.1, -0.05) is 23.7 Å². The van der Waals surface area contributed by atoms with Gasteiger partial charge in [-0.05, 0) is 44.5 Å². The first-order valence-corrected chi connectivity index (χ1v) is 8.35. The van der Waals surface area contributed by atoms with Crippen LogP contribution in [0.5, 0.6) is 0 Å². The molecule has 122 valence electrons. The van der Waals surface area contributed by atoms with Crippen molar-refractivity contribution in [1.29, 1.82) is 0 Å². The summed E-state index contributed by atoms with van der Waals surface area (Å²) in [6.45, 7) is 9.95. The van der Waals surface area contributed by atoms with E-state index in [2.05, 4.69) is 15.5 Å². The Labute approximate surface area is 138 Å². The number of hydrogen-bond acceptors (Lipinski definition) is 3. The van der Waals surface area contributed by atoms with Gasteiger partial charge in [0.1, 0.15) is 0 Å². The van der Waals surface area contributed by atoms with Crippen LogP contribution in [-0.2, 0) is 10.2 Å². The molecule has 0 aromatic heterocycles. The van der Waals surface area contributed by atoms with E-state index in [1.165, 1.54) is 0 Å². The minimum atomic E-state index is -0.569. The molecule has 22 heavy (non-hydrogen) atoms. The molecule has 1 saturated heterocycles. The number of benzene rings is 1. The molecule has 5 heteroatoms. The maximum Gasteiger partial charge on any atom is 0.230 e.